The molecule has 0 unspecified atom stereocenters. The third-order valence-electron chi connectivity index (χ3n) is 2.21. The number of nitrogens with one attached hydrogen (secondary N) is 1. The van der Waals surface area contributed by atoms with Crippen molar-refractivity contribution in [1.82, 2.24) is 5.32 Å². The predicted octanol–water partition coefficient (Wildman–Crippen LogP) is 2.02. The second kappa shape index (κ2) is 5.12. The molecule has 1 aromatic rings. The van der Waals surface area contributed by atoms with E-state index in [0.29, 0.717) is 0 Å². The van der Waals surface area contributed by atoms with Crippen LogP contribution in [0.25, 0.3) is 0 Å². The molecule has 1 amide bonds. The molecule has 2 N–H and O–H groups in total. The summed E-state index contributed by atoms with van der Waals surface area (Å²) in [4.78, 5) is 23.9. The molecule has 1 rings (SSSR count). The lowest BCUT2D eigenvalue weighted by Crippen LogP contribution is -2.28. The highest BCUT2D eigenvalue weighted by Crippen LogP contribution is 2.28. The number of carboxylic acid groups (broad SMARTS) is 1. The van der Waals surface area contributed by atoms with E-state index in [0.717, 1.165) is 15.3 Å². The lowest BCUT2D eigenvalue weighted by atomic mass is 10.0. The van der Waals surface area contributed by atoms with Crippen LogP contribution in [0, 0.1) is 13.8 Å². The van der Waals surface area contributed by atoms with Crippen molar-refractivity contribution in [2.24, 2.45) is 0 Å². The first kappa shape index (κ1) is 12.7. The minimum atomic E-state index is -0.915. The zero-order valence-corrected chi connectivity index (χ0v) is 10.4. The number of hydrogen-bond donors (Lipinski definition) is 2. The van der Waals surface area contributed by atoms with Crippen LogP contribution in [0.3, 0.4) is 0 Å². The third-order valence-corrected chi connectivity index (χ3v) is 3.19. The van der Waals surface area contributed by atoms with Crippen LogP contribution in [-0.2, 0) is 9.59 Å². The topological polar surface area (TPSA) is 66.4 Å². The van der Waals surface area contributed by atoms with Crippen molar-refractivity contribution < 1.29 is 14.7 Å². The van der Waals surface area contributed by atoms with E-state index in [1.807, 2.05) is 19.9 Å². The maximum Gasteiger partial charge on any atom is 0.305 e. The van der Waals surface area contributed by atoms with Gasteiger partial charge in [-0.1, -0.05) is 0 Å². The van der Waals surface area contributed by atoms with E-state index in [-0.39, 0.29) is 12.3 Å². The van der Waals surface area contributed by atoms with E-state index in [9.17, 15) is 9.59 Å². The van der Waals surface area contributed by atoms with Gasteiger partial charge in [-0.25, -0.2) is 0 Å². The van der Waals surface area contributed by atoms with Gasteiger partial charge < -0.3 is 10.4 Å². The summed E-state index contributed by atoms with van der Waals surface area (Å²) in [6.07, 6.45) is -0.0867. The minimum absolute atomic E-state index is 0.0867. The van der Waals surface area contributed by atoms with Crippen molar-refractivity contribution in [3.63, 3.8) is 0 Å². The van der Waals surface area contributed by atoms with Crippen molar-refractivity contribution in [1.29, 1.82) is 0 Å². The Bertz CT molecular complexity index is 395. The first-order valence-corrected chi connectivity index (χ1v) is 5.77. The number of aryl methyl sites for hydroxylation is 2. The van der Waals surface area contributed by atoms with Crippen LogP contribution < -0.4 is 5.32 Å². The highest BCUT2D eigenvalue weighted by molar-refractivity contribution is 7.12. The molecule has 0 saturated heterocycles. The zero-order chi connectivity index (χ0) is 12.3. The van der Waals surface area contributed by atoms with Gasteiger partial charge in [0.1, 0.15) is 0 Å². The van der Waals surface area contributed by atoms with Crippen LogP contribution in [0.2, 0.25) is 0 Å². The second-order valence-electron chi connectivity index (χ2n) is 3.72. The van der Waals surface area contributed by atoms with Gasteiger partial charge in [0.25, 0.3) is 0 Å². The Labute approximate surface area is 98.3 Å². The second-order valence-corrected chi connectivity index (χ2v) is 5.18. The molecule has 0 aliphatic heterocycles. The van der Waals surface area contributed by atoms with E-state index in [2.05, 4.69) is 5.32 Å². The smallest absolute Gasteiger partial charge is 0.305 e. The Balaban J connectivity index is 2.95. The first-order chi connectivity index (χ1) is 7.40. The molecule has 0 aliphatic carbocycles. The van der Waals surface area contributed by atoms with Gasteiger partial charge in [0.15, 0.2) is 0 Å². The van der Waals surface area contributed by atoms with Gasteiger partial charge >= 0.3 is 5.97 Å². The Kier molecular flexibility index (Phi) is 4.06. The quantitative estimate of drug-likeness (QED) is 0.847. The van der Waals surface area contributed by atoms with Crippen LogP contribution >= 0.6 is 11.3 Å². The number of carbonyl (C=O) groups excluding carboxylic acids is 1. The Morgan fingerprint density at radius 3 is 2.50 bits per heavy atom. The lowest BCUT2D eigenvalue weighted by Gasteiger charge is -2.15. The summed E-state index contributed by atoms with van der Waals surface area (Å²) in [6.45, 7) is 5.29. The van der Waals surface area contributed by atoms with Crippen molar-refractivity contribution in [2.45, 2.75) is 33.2 Å². The average molecular weight is 241 g/mol. The maximum absolute atomic E-state index is 11.0. The summed E-state index contributed by atoms with van der Waals surface area (Å²) < 4.78 is 0. The molecule has 5 heteroatoms. The van der Waals surface area contributed by atoms with Crippen LogP contribution in [-0.4, -0.2) is 17.0 Å². The average Bonchev–Trinajstić information content (AvgIpc) is 2.42. The predicted molar refractivity (Wildman–Crippen MR) is 62.6 cm³/mol. The number of hydrogen-bond acceptors (Lipinski definition) is 3. The highest BCUT2D eigenvalue weighted by Gasteiger charge is 2.19. The normalized spacial score (nSPS) is 12.2. The van der Waals surface area contributed by atoms with Gasteiger partial charge in [-0.05, 0) is 25.5 Å². The summed E-state index contributed by atoms with van der Waals surface area (Å²) in [6, 6.07) is 1.50. The fourth-order valence-electron chi connectivity index (χ4n) is 1.66. The van der Waals surface area contributed by atoms with Crippen molar-refractivity contribution >= 4 is 23.2 Å². The highest BCUT2D eigenvalue weighted by atomic mass is 32.1. The molecule has 4 nitrogen and oxygen atoms in total. The van der Waals surface area contributed by atoms with Crippen LogP contribution in [0.5, 0.6) is 0 Å². The van der Waals surface area contributed by atoms with Gasteiger partial charge in [0.2, 0.25) is 5.91 Å². The summed E-state index contributed by atoms with van der Waals surface area (Å²) in [7, 11) is 0. The molecule has 0 aromatic carbocycles. The van der Waals surface area contributed by atoms with E-state index in [1.54, 1.807) is 11.3 Å². The van der Waals surface area contributed by atoms with Gasteiger partial charge in [-0.2, -0.15) is 0 Å². The SMILES string of the molecule is CC(=O)N[C@H](CC(=O)O)c1cc(C)sc1C. The largest absolute Gasteiger partial charge is 0.481 e. The van der Waals surface area contributed by atoms with E-state index < -0.39 is 12.0 Å². The van der Waals surface area contributed by atoms with E-state index in [4.69, 9.17) is 5.11 Å². The number of carboxylic acids is 1. The van der Waals surface area contributed by atoms with Gasteiger partial charge in [-0.3, -0.25) is 9.59 Å². The molecular weight excluding hydrogens is 226 g/mol. The Morgan fingerprint density at radius 1 is 1.50 bits per heavy atom. The monoisotopic (exact) mass is 241 g/mol. The minimum Gasteiger partial charge on any atom is -0.481 e. The molecule has 0 radical (unpaired) electrons. The van der Waals surface area contributed by atoms with E-state index >= 15 is 0 Å². The molecule has 0 saturated carbocycles. The third kappa shape index (κ3) is 3.34. The summed E-state index contributed by atoms with van der Waals surface area (Å²) >= 11 is 1.61. The van der Waals surface area contributed by atoms with Crippen molar-refractivity contribution in [3.8, 4) is 0 Å². The summed E-state index contributed by atoms with van der Waals surface area (Å²) in [5.41, 5.74) is 0.903. The molecule has 0 aliphatic rings. The molecule has 0 bridgehead atoms. The molecule has 1 atom stereocenters. The van der Waals surface area contributed by atoms with Gasteiger partial charge in [0.05, 0.1) is 12.5 Å². The van der Waals surface area contributed by atoms with Crippen molar-refractivity contribution in [3.05, 3.63) is 21.4 Å². The number of thiophene rings is 1. The van der Waals surface area contributed by atoms with Crippen molar-refractivity contribution in [2.75, 3.05) is 0 Å². The maximum atomic E-state index is 11.0. The summed E-state index contributed by atoms with van der Waals surface area (Å²) in [5, 5.41) is 11.5. The molecule has 0 fully saturated rings. The molecule has 88 valence electrons. The fourth-order valence-corrected chi connectivity index (χ4v) is 2.64. The van der Waals surface area contributed by atoms with Gasteiger partial charge in [0, 0.05) is 16.7 Å². The Hall–Kier alpha value is -1.36. The number of amides is 1. The number of aliphatic carboxylic acids is 1. The van der Waals surface area contributed by atoms with Crippen LogP contribution in [0.4, 0.5) is 0 Å². The molecule has 1 aromatic heterocycles. The summed E-state index contributed by atoms with van der Waals surface area (Å²) in [5.74, 6) is -1.13. The molecule has 16 heavy (non-hydrogen) atoms. The lowest BCUT2D eigenvalue weighted by molar-refractivity contribution is -0.137. The van der Waals surface area contributed by atoms with Crippen LogP contribution in [0.1, 0.15) is 34.7 Å². The molecular formula is C11H15NO3S. The Morgan fingerprint density at radius 2 is 2.12 bits per heavy atom. The molecule has 1 heterocycles. The van der Waals surface area contributed by atoms with E-state index in [1.165, 1.54) is 6.92 Å². The number of carbonyl (C=O) groups is 2. The number of rotatable bonds is 4. The standard InChI is InChI=1S/C11H15NO3S/c1-6-4-9(7(2)16-6)10(5-11(14)15)12-8(3)13/h4,10H,5H2,1-3H3,(H,12,13)(H,14,15)/t10-/m1/s1. The fraction of sp³-hybridized carbons (Fsp3) is 0.455. The molecule has 0 spiro atoms. The van der Waals surface area contributed by atoms with Gasteiger partial charge in [-0.15, -0.1) is 11.3 Å². The van der Waals surface area contributed by atoms with Crippen LogP contribution in [0.15, 0.2) is 6.07 Å². The zero-order valence-electron chi connectivity index (χ0n) is 9.53. The first-order valence-electron chi connectivity index (χ1n) is 4.96.